The van der Waals surface area contributed by atoms with E-state index in [4.69, 9.17) is 5.11 Å². The molecule has 0 saturated heterocycles. The highest BCUT2D eigenvalue weighted by Gasteiger charge is 2.13. The second-order valence-electron chi connectivity index (χ2n) is 4.22. The molecule has 0 aromatic carbocycles. The molecule has 0 radical (unpaired) electrons. The minimum absolute atomic E-state index is 0.129. The summed E-state index contributed by atoms with van der Waals surface area (Å²) in [7, 11) is 0. The summed E-state index contributed by atoms with van der Waals surface area (Å²) >= 11 is 0. The van der Waals surface area contributed by atoms with Crippen LogP contribution in [-0.2, 0) is 4.79 Å². The van der Waals surface area contributed by atoms with Crippen molar-refractivity contribution in [1.29, 1.82) is 0 Å². The maximum absolute atomic E-state index is 11.9. The zero-order valence-corrected chi connectivity index (χ0v) is 10.7. The van der Waals surface area contributed by atoms with E-state index in [2.05, 4.69) is 20.4 Å². The third-order valence-electron chi connectivity index (χ3n) is 2.52. The first-order valence-corrected chi connectivity index (χ1v) is 5.90. The Balaban J connectivity index is 2.02. The summed E-state index contributed by atoms with van der Waals surface area (Å²) in [4.78, 5) is 30.3. The van der Waals surface area contributed by atoms with Gasteiger partial charge in [0.1, 0.15) is 12.7 Å². The number of hydrogen-bond donors (Lipinski definition) is 2. The molecule has 0 fully saturated rings. The lowest BCUT2D eigenvalue weighted by atomic mass is 10.2. The normalized spacial score (nSPS) is 11.8. The molecule has 2 heterocycles. The number of pyridine rings is 1. The second-order valence-corrected chi connectivity index (χ2v) is 4.22. The van der Waals surface area contributed by atoms with Crippen LogP contribution in [0.15, 0.2) is 31.0 Å². The Morgan fingerprint density at radius 1 is 1.45 bits per heavy atom. The van der Waals surface area contributed by atoms with E-state index in [1.807, 2.05) is 0 Å². The number of nitrogens with zero attached hydrogens (tertiary/aromatic N) is 4. The smallest absolute Gasteiger partial charge is 0.305 e. The van der Waals surface area contributed by atoms with Crippen LogP contribution < -0.4 is 5.32 Å². The van der Waals surface area contributed by atoms with Crippen molar-refractivity contribution in [2.24, 2.45) is 0 Å². The molecule has 2 N–H and O–H groups in total. The minimum atomic E-state index is -0.961. The molecule has 0 saturated carbocycles. The molecule has 104 valence electrons. The van der Waals surface area contributed by atoms with Crippen LogP contribution in [0.3, 0.4) is 0 Å². The fourth-order valence-corrected chi connectivity index (χ4v) is 1.60. The van der Waals surface area contributed by atoms with E-state index < -0.39 is 12.0 Å². The van der Waals surface area contributed by atoms with Gasteiger partial charge in [-0.25, -0.2) is 14.6 Å². The number of carboxylic acid groups (broad SMARTS) is 1. The summed E-state index contributed by atoms with van der Waals surface area (Å²) in [6.45, 7) is 1.63. The molecular weight excluding hydrogens is 262 g/mol. The average Bonchev–Trinajstić information content (AvgIpc) is 2.91. The highest BCUT2D eigenvalue weighted by atomic mass is 16.4. The largest absolute Gasteiger partial charge is 0.481 e. The molecule has 8 heteroatoms. The molecule has 2 aromatic rings. The lowest BCUT2D eigenvalue weighted by molar-refractivity contribution is -0.137. The molecule has 1 atom stereocenters. The van der Waals surface area contributed by atoms with Gasteiger partial charge in [-0.05, 0) is 19.1 Å². The van der Waals surface area contributed by atoms with Crippen molar-refractivity contribution >= 4 is 11.9 Å². The van der Waals surface area contributed by atoms with Gasteiger partial charge in [-0.15, -0.1) is 0 Å². The summed E-state index contributed by atoms with van der Waals surface area (Å²) in [5.41, 5.74) is 0.353. The van der Waals surface area contributed by atoms with Crippen molar-refractivity contribution in [3.63, 3.8) is 0 Å². The van der Waals surface area contributed by atoms with Crippen molar-refractivity contribution in [1.82, 2.24) is 25.1 Å². The monoisotopic (exact) mass is 275 g/mol. The molecule has 0 aliphatic carbocycles. The van der Waals surface area contributed by atoms with E-state index in [-0.39, 0.29) is 12.3 Å². The SMILES string of the molecule is CC(CC(=O)O)NC(=O)c1ccc(-n2cncn2)nc1. The number of nitrogens with one attached hydrogen (secondary N) is 1. The Bertz CT molecular complexity index is 594. The van der Waals surface area contributed by atoms with Gasteiger partial charge in [0.15, 0.2) is 5.82 Å². The number of aliphatic carboxylic acids is 1. The molecule has 0 bridgehead atoms. The number of hydrogen-bond acceptors (Lipinski definition) is 5. The number of carbonyl (C=O) groups is 2. The third kappa shape index (κ3) is 3.37. The molecule has 20 heavy (non-hydrogen) atoms. The van der Waals surface area contributed by atoms with E-state index in [9.17, 15) is 9.59 Å². The fourth-order valence-electron chi connectivity index (χ4n) is 1.60. The number of rotatable bonds is 5. The van der Waals surface area contributed by atoms with Crippen LogP contribution >= 0.6 is 0 Å². The molecule has 8 nitrogen and oxygen atoms in total. The molecule has 2 rings (SSSR count). The topological polar surface area (TPSA) is 110 Å². The second kappa shape index (κ2) is 5.91. The highest BCUT2D eigenvalue weighted by molar-refractivity contribution is 5.94. The van der Waals surface area contributed by atoms with Crippen LogP contribution in [0, 0.1) is 0 Å². The van der Waals surface area contributed by atoms with Gasteiger partial charge in [0, 0.05) is 12.2 Å². The third-order valence-corrected chi connectivity index (χ3v) is 2.52. The first-order chi connectivity index (χ1) is 9.56. The maximum Gasteiger partial charge on any atom is 0.305 e. The maximum atomic E-state index is 11.9. The van der Waals surface area contributed by atoms with Crippen molar-refractivity contribution in [2.45, 2.75) is 19.4 Å². The number of carbonyl (C=O) groups excluding carboxylic acids is 1. The molecular formula is C12H13N5O3. The molecule has 1 amide bonds. The van der Waals surface area contributed by atoms with Crippen molar-refractivity contribution < 1.29 is 14.7 Å². The van der Waals surface area contributed by atoms with Crippen LogP contribution in [0.4, 0.5) is 0 Å². The predicted octanol–water partition coefficient (Wildman–Crippen LogP) is 0.255. The Labute approximate surface area is 114 Å². The molecule has 0 aliphatic heterocycles. The van der Waals surface area contributed by atoms with Gasteiger partial charge in [0.25, 0.3) is 5.91 Å². The standard InChI is InChI=1S/C12H13N5O3/c1-8(4-11(18)19)16-12(20)9-2-3-10(14-5-9)17-7-13-6-15-17/h2-3,5-8H,4H2,1H3,(H,16,20)(H,18,19). The number of aromatic nitrogens is 4. The van der Waals surface area contributed by atoms with Gasteiger partial charge < -0.3 is 10.4 Å². The Morgan fingerprint density at radius 3 is 2.80 bits per heavy atom. The summed E-state index contributed by atoms with van der Waals surface area (Å²) in [5.74, 6) is -0.786. The van der Waals surface area contributed by atoms with Gasteiger partial charge in [-0.2, -0.15) is 5.10 Å². The van der Waals surface area contributed by atoms with Crippen LogP contribution in [-0.4, -0.2) is 42.8 Å². The van der Waals surface area contributed by atoms with Gasteiger partial charge in [0.05, 0.1) is 12.0 Å². The number of carboxylic acids is 1. The lowest BCUT2D eigenvalue weighted by Crippen LogP contribution is -2.34. The van der Waals surface area contributed by atoms with Crippen LogP contribution in [0.2, 0.25) is 0 Å². The Hall–Kier alpha value is -2.77. The first-order valence-electron chi connectivity index (χ1n) is 5.90. The zero-order valence-electron chi connectivity index (χ0n) is 10.7. The molecule has 1 unspecified atom stereocenters. The zero-order chi connectivity index (χ0) is 14.5. The van der Waals surface area contributed by atoms with Gasteiger partial charge in [0.2, 0.25) is 0 Å². The minimum Gasteiger partial charge on any atom is -0.481 e. The molecule has 0 spiro atoms. The molecule has 0 aliphatic rings. The van der Waals surface area contributed by atoms with Gasteiger partial charge >= 0.3 is 5.97 Å². The quantitative estimate of drug-likeness (QED) is 0.809. The summed E-state index contributed by atoms with van der Waals surface area (Å²) in [6.07, 6.45) is 4.16. The van der Waals surface area contributed by atoms with Crippen LogP contribution in [0.25, 0.3) is 5.82 Å². The van der Waals surface area contributed by atoms with Crippen molar-refractivity contribution in [3.05, 3.63) is 36.5 Å². The van der Waals surface area contributed by atoms with E-state index in [0.717, 1.165) is 0 Å². The number of amides is 1. The Morgan fingerprint density at radius 2 is 2.25 bits per heavy atom. The average molecular weight is 275 g/mol. The predicted molar refractivity (Wildman–Crippen MR) is 68.3 cm³/mol. The summed E-state index contributed by atoms with van der Waals surface area (Å²) < 4.78 is 1.47. The van der Waals surface area contributed by atoms with Gasteiger partial charge in [-0.1, -0.05) is 0 Å². The summed E-state index contributed by atoms with van der Waals surface area (Å²) in [6, 6.07) is 2.77. The first kappa shape index (κ1) is 13.7. The summed E-state index contributed by atoms with van der Waals surface area (Å²) in [5, 5.41) is 15.1. The fraction of sp³-hybridized carbons (Fsp3) is 0.250. The Kier molecular flexibility index (Phi) is 4.04. The van der Waals surface area contributed by atoms with Crippen molar-refractivity contribution in [3.8, 4) is 5.82 Å². The van der Waals surface area contributed by atoms with Gasteiger partial charge in [-0.3, -0.25) is 9.59 Å². The highest BCUT2D eigenvalue weighted by Crippen LogP contribution is 2.04. The lowest BCUT2D eigenvalue weighted by Gasteiger charge is -2.11. The van der Waals surface area contributed by atoms with Crippen LogP contribution in [0.5, 0.6) is 0 Å². The van der Waals surface area contributed by atoms with E-state index in [0.29, 0.717) is 11.4 Å². The van der Waals surface area contributed by atoms with E-state index >= 15 is 0 Å². The van der Waals surface area contributed by atoms with E-state index in [1.54, 1.807) is 19.1 Å². The molecule has 2 aromatic heterocycles. The van der Waals surface area contributed by atoms with Crippen molar-refractivity contribution in [2.75, 3.05) is 0 Å². The van der Waals surface area contributed by atoms with E-state index in [1.165, 1.54) is 23.5 Å². The van der Waals surface area contributed by atoms with Crippen LogP contribution in [0.1, 0.15) is 23.7 Å².